The first kappa shape index (κ1) is 16.7. The van der Waals surface area contributed by atoms with E-state index in [9.17, 15) is 26.3 Å². The summed E-state index contributed by atoms with van der Waals surface area (Å²) in [5.41, 5.74) is 0.766. The third-order valence-corrected chi connectivity index (χ3v) is 3.75. The fourth-order valence-corrected chi connectivity index (χ4v) is 2.57. The minimum absolute atomic E-state index is 0.00347. The molecule has 0 spiro atoms. The first-order chi connectivity index (χ1) is 11.2. The predicted molar refractivity (Wildman–Crippen MR) is 71.2 cm³/mol. The Hall–Kier alpha value is -2.16. The van der Waals surface area contributed by atoms with Crippen LogP contribution in [0.2, 0.25) is 0 Å². The van der Waals surface area contributed by atoms with E-state index in [1.165, 1.54) is 0 Å². The lowest BCUT2D eigenvalue weighted by Crippen LogP contribution is -2.32. The highest BCUT2D eigenvalue weighted by Gasteiger charge is 2.35. The fraction of sp³-hybridized carbons (Fsp3) is 0.333. The standard InChI is InChI=1S/C15H11F6N3/c16-10-4-12(18)11(17)3-8(10)6-24-2-1-13-9(7-24)5-22-14(23-13)15(19,20)21/h3-5H,1-2,6-7H2. The molecule has 0 amide bonds. The molecule has 24 heavy (non-hydrogen) atoms. The Morgan fingerprint density at radius 3 is 2.46 bits per heavy atom. The SMILES string of the molecule is Fc1cc(F)c(CN2CCc3nc(C(F)(F)F)ncc3C2)cc1F. The molecule has 3 nitrogen and oxygen atoms in total. The number of hydrogen-bond acceptors (Lipinski definition) is 3. The Bertz CT molecular complexity index is 775. The van der Waals surface area contributed by atoms with Crippen LogP contribution in [0.1, 0.15) is 22.6 Å². The third kappa shape index (κ3) is 3.35. The van der Waals surface area contributed by atoms with Gasteiger partial charge in [0.15, 0.2) is 11.6 Å². The van der Waals surface area contributed by atoms with E-state index in [4.69, 9.17) is 0 Å². The molecule has 0 radical (unpaired) electrons. The van der Waals surface area contributed by atoms with Crippen LogP contribution in [0, 0.1) is 17.5 Å². The summed E-state index contributed by atoms with van der Waals surface area (Å²) < 4.78 is 77.6. The Morgan fingerprint density at radius 1 is 1.04 bits per heavy atom. The first-order valence-corrected chi connectivity index (χ1v) is 7.02. The van der Waals surface area contributed by atoms with Gasteiger partial charge < -0.3 is 0 Å². The quantitative estimate of drug-likeness (QED) is 0.615. The van der Waals surface area contributed by atoms with Crippen LogP contribution in [-0.2, 0) is 25.7 Å². The van der Waals surface area contributed by atoms with Crippen LogP contribution in [0.15, 0.2) is 18.3 Å². The van der Waals surface area contributed by atoms with Crippen LogP contribution in [0.4, 0.5) is 26.3 Å². The first-order valence-electron chi connectivity index (χ1n) is 7.02. The number of halogens is 6. The summed E-state index contributed by atoms with van der Waals surface area (Å²) in [5.74, 6) is -4.49. The van der Waals surface area contributed by atoms with Crippen molar-refractivity contribution in [3.8, 4) is 0 Å². The summed E-state index contributed by atoms with van der Waals surface area (Å²) >= 11 is 0. The lowest BCUT2D eigenvalue weighted by Gasteiger charge is -2.28. The number of alkyl halides is 3. The number of hydrogen-bond donors (Lipinski definition) is 0. The van der Waals surface area contributed by atoms with Crippen molar-refractivity contribution in [2.75, 3.05) is 6.54 Å². The van der Waals surface area contributed by atoms with Crippen LogP contribution in [-0.4, -0.2) is 21.4 Å². The normalized spacial score (nSPS) is 15.4. The average Bonchev–Trinajstić information content (AvgIpc) is 2.51. The predicted octanol–water partition coefficient (Wildman–Crippen LogP) is 3.47. The van der Waals surface area contributed by atoms with E-state index < -0.39 is 29.5 Å². The van der Waals surface area contributed by atoms with Gasteiger partial charge in [0.05, 0.1) is 5.69 Å². The van der Waals surface area contributed by atoms with E-state index in [0.717, 1.165) is 12.3 Å². The monoisotopic (exact) mass is 347 g/mol. The molecule has 0 saturated heterocycles. The highest BCUT2D eigenvalue weighted by atomic mass is 19.4. The van der Waals surface area contributed by atoms with Gasteiger partial charge in [-0.05, 0) is 6.07 Å². The van der Waals surface area contributed by atoms with Gasteiger partial charge in [-0.25, -0.2) is 23.1 Å². The number of aromatic nitrogens is 2. The average molecular weight is 347 g/mol. The molecule has 0 unspecified atom stereocenters. The van der Waals surface area contributed by atoms with Crippen molar-refractivity contribution in [2.24, 2.45) is 0 Å². The van der Waals surface area contributed by atoms with Gasteiger partial charge in [0.1, 0.15) is 5.82 Å². The maximum atomic E-state index is 13.7. The molecule has 2 aromatic rings. The summed E-state index contributed by atoms with van der Waals surface area (Å²) in [4.78, 5) is 8.53. The van der Waals surface area contributed by atoms with E-state index in [1.807, 2.05) is 0 Å². The topological polar surface area (TPSA) is 29.0 Å². The fourth-order valence-electron chi connectivity index (χ4n) is 2.57. The van der Waals surface area contributed by atoms with Crippen molar-refractivity contribution in [2.45, 2.75) is 25.7 Å². The number of fused-ring (bicyclic) bond motifs is 1. The lowest BCUT2D eigenvalue weighted by molar-refractivity contribution is -0.145. The molecular formula is C15H11F6N3. The second-order valence-electron chi connectivity index (χ2n) is 5.48. The van der Waals surface area contributed by atoms with Crippen LogP contribution < -0.4 is 0 Å². The summed E-state index contributed by atoms with van der Waals surface area (Å²) in [7, 11) is 0. The molecule has 128 valence electrons. The summed E-state index contributed by atoms with van der Waals surface area (Å²) in [6.45, 7) is 0.523. The van der Waals surface area contributed by atoms with Crippen LogP contribution in [0.5, 0.6) is 0 Å². The van der Waals surface area contributed by atoms with Crippen molar-refractivity contribution in [3.63, 3.8) is 0 Å². The van der Waals surface area contributed by atoms with Crippen LogP contribution in [0.25, 0.3) is 0 Å². The van der Waals surface area contributed by atoms with Gasteiger partial charge >= 0.3 is 6.18 Å². The molecule has 0 fully saturated rings. The molecule has 0 atom stereocenters. The van der Waals surface area contributed by atoms with E-state index in [2.05, 4.69) is 9.97 Å². The molecule has 1 aromatic heterocycles. The summed E-state index contributed by atoms with van der Waals surface area (Å²) in [5, 5.41) is 0. The minimum Gasteiger partial charge on any atom is -0.294 e. The third-order valence-electron chi connectivity index (χ3n) is 3.75. The van der Waals surface area contributed by atoms with E-state index >= 15 is 0 Å². The molecule has 0 N–H and O–H groups in total. The number of rotatable bonds is 2. The molecular weight excluding hydrogens is 336 g/mol. The Kier molecular flexibility index (Phi) is 4.20. The van der Waals surface area contributed by atoms with Crippen molar-refractivity contribution >= 4 is 0 Å². The van der Waals surface area contributed by atoms with Gasteiger partial charge in [-0.15, -0.1) is 0 Å². The molecule has 9 heteroatoms. The zero-order valence-corrected chi connectivity index (χ0v) is 12.2. The molecule has 3 rings (SSSR count). The highest BCUT2D eigenvalue weighted by molar-refractivity contribution is 5.23. The largest absolute Gasteiger partial charge is 0.451 e. The molecule has 0 bridgehead atoms. The highest BCUT2D eigenvalue weighted by Crippen LogP contribution is 2.28. The van der Waals surface area contributed by atoms with Crippen LogP contribution >= 0.6 is 0 Å². The van der Waals surface area contributed by atoms with E-state index in [0.29, 0.717) is 23.9 Å². The van der Waals surface area contributed by atoms with Crippen molar-refractivity contribution in [1.29, 1.82) is 0 Å². The van der Waals surface area contributed by atoms with Crippen molar-refractivity contribution in [1.82, 2.24) is 14.9 Å². The van der Waals surface area contributed by atoms with E-state index in [1.54, 1.807) is 4.90 Å². The maximum absolute atomic E-state index is 13.7. The second kappa shape index (κ2) is 6.04. The maximum Gasteiger partial charge on any atom is 0.451 e. The second-order valence-corrected chi connectivity index (χ2v) is 5.48. The summed E-state index contributed by atoms with van der Waals surface area (Å²) in [6.07, 6.45) is -3.29. The van der Waals surface area contributed by atoms with Crippen molar-refractivity contribution in [3.05, 3.63) is 58.4 Å². The molecule has 1 aliphatic heterocycles. The van der Waals surface area contributed by atoms with Gasteiger partial charge in [-0.2, -0.15) is 13.2 Å². The van der Waals surface area contributed by atoms with Gasteiger partial charge in [0.2, 0.25) is 5.82 Å². The lowest BCUT2D eigenvalue weighted by atomic mass is 10.1. The Labute approximate surface area is 132 Å². The number of nitrogens with zero attached hydrogens (tertiary/aromatic N) is 3. The molecule has 0 saturated carbocycles. The minimum atomic E-state index is -4.61. The van der Waals surface area contributed by atoms with Gasteiger partial charge in [-0.3, -0.25) is 4.90 Å². The van der Waals surface area contributed by atoms with Gasteiger partial charge in [0, 0.05) is 49.4 Å². The smallest absolute Gasteiger partial charge is 0.294 e. The van der Waals surface area contributed by atoms with Gasteiger partial charge in [0.25, 0.3) is 0 Å². The van der Waals surface area contributed by atoms with Gasteiger partial charge in [-0.1, -0.05) is 0 Å². The molecule has 1 aromatic carbocycles. The van der Waals surface area contributed by atoms with Crippen LogP contribution in [0.3, 0.4) is 0 Å². The molecule has 1 aliphatic rings. The van der Waals surface area contributed by atoms with Crippen molar-refractivity contribution < 1.29 is 26.3 Å². The molecule has 2 heterocycles. The Morgan fingerprint density at radius 2 is 1.75 bits per heavy atom. The zero-order chi connectivity index (χ0) is 17.5. The zero-order valence-electron chi connectivity index (χ0n) is 12.2. The summed E-state index contributed by atoms with van der Waals surface area (Å²) in [6, 6.07) is 1.25. The van der Waals surface area contributed by atoms with E-state index in [-0.39, 0.29) is 25.1 Å². The Balaban J connectivity index is 1.77. The molecule has 0 aliphatic carbocycles. The number of benzene rings is 1.